The lowest BCUT2D eigenvalue weighted by Gasteiger charge is -2.40. The van der Waals surface area contributed by atoms with Crippen LogP contribution in [0.25, 0.3) is 0 Å². The van der Waals surface area contributed by atoms with Gasteiger partial charge in [0, 0.05) is 18.6 Å². The minimum Gasteiger partial charge on any atom is -0.329 e. The minimum atomic E-state index is -3.51. The van der Waals surface area contributed by atoms with Gasteiger partial charge in [-0.05, 0) is 37.5 Å². The summed E-state index contributed by atoms with van der Waals surface area (Å²) in [6.07, 6.45) is 1.41. The van der Waals surface area contributed by atoms with Crippen LogP contribution in [0.1, 0.15) is 39.2 Å². The number of rotatable bonds is 7. The second kappa shape index (κ2) is 6.70. The van der Waals surface area contributed by atoms with E-state index in [4.69, 9.17) is 5.73 Å². The quantitative estimate of drug-likeness (QED) is 0.841. The van der Waals surface area contributed by atoms with E-state index in [-0.39, 0.29) is 0 Å². The van der Waals surface area contributed by atoms with Crippen LogP contribution < -0.4 is 5.73 Å². The van der Waals surface area contributed by atoms with Crippen molar-refractivity contribution in [3.63, 3.8) is 0 Å². The summed E-state index contributed by atoms with van der Waals surface area (Å²) in [4.78, 5) is 0.346. The fraction of sp³-hybridized carbons (Fsp3) is 0.600. The first-order chi connectivity index (χ1) is 9.37. The Bertz CT molecular complexity index is 528. The van der Waals surface area contributed by atoms with Gasteiger partial charge in [-0.1, -0.05) is 32.9 Å². The van der Waals surface area contributed by atoms with Crippen LogP contribution in [0.15, 0.2) is 29.2 Å². The maximum absolute atomic E-state index is 12.9. The van der Waals surface area contributed by atoms with Crippen molar-refractivity contribution in [2.75, 3.05) is 13.1 Å². The van der Waals surface area contributed by atoms with Gasteiger partial charge in [0.25, 0.3) is 0 Å². The molecular formula is C15H26N2O2S. The Balaban J connectivity index is 3.36. The molecule has 2 N–H and O–H groups in total. The van der Waals surface area contributed by atoms with Crippen molar-refractivity contribution < 1.29 is 8.42 Å². The molecule has 0 aliphatic rings. The van der Waals surface area contributed by atoms with Crippen LogP contribution in [0.4, 0.5) is 0 Å². The zero-order chi connectivity index (χ0) is 15.4. The molecule has 0 fully saturated rings. The highest BCUT2D eigenvalue weighted by Crippen LogP contribution is 2.29. The van der Waals surface area contributed by atoms with Crippen LogP contribution in [0.2, 0.25) is 0 Å². The molecule has 5 heteroatoms. The Kier molecular flexibility index (Phi) is 5.74. The van der Waals surface area contributed by atoms with Gasteiger partial charge in [0.05, 0.1) is 4.90 Å². The molecule has 0 radical (unpaired) electrons. The Morgan fingerprint density at radius 1 is 1.20 bits per heavy atom. The van der Waals surface area contributed by atoms with E-state index in [1.807, 2.05) is 33.8 Å². The third-order valence-electron chi connectivity index (χ3n) is 4.09. The number of hydrogen-bond donors (Lipinski definition) is 1. The topological polar surface area (TPSA) is 63.4 Å². The maximum Gasteiger partial charge on any atom is 0.243 e. The van der Waals surface area contributed by atoms with E-state index in [1.54, 1.807) is 22.5 Å². The molecule has 0 aromatic heterocycles. The number of aryl methyl sites for hydroxylation is 1. The van der Waals surface area contributed by atoms with Gasteiger partial charge in [0.15, 0.2) is 0 Å². The number of nitrogens with zero attached hydrogens (tertiary/aromatic N) is 1. The molecule has 0 aliphatic carbocycles. The average molecular weight is 298 g/mol. The Morgan fingerprint density at radius 2 is 1.80 bits per heavy atom. The first-order valence-electron chi connectivity index (χ1n) is 7.17. The predicted octanol–water partition coefficient (Wildman–Crippen LogP) is 2.52. The summed E-state index contributed by atoms with van der Waals surface area (Å²) in [5.74, 6) is 0. The number of sulfonamides is 1. The lowest BCUT2D eigenvalue weighted by molar-refractivity contribution is 0.184. The van der Waals surface area contributed by atoms with Gasteiger partial charge in [0.1, 0.15) is 0 Å². The molecule has 0 amide bonds. The largest absolute Gasteiger partial charge is 0.329 e. The van der Waals surface area contributed by atoms with Gasteiger partial charge >= 0.3 is 0 Å². The van der Waals surface area contributed by atoms with Crippen molar-refractivity contribution in [3.8, 4) is 0 Å². The lowest BCUT2D eigenvalue weighted by atomic mass is 9.93. The van der Waals surface area contributed by atoms with E-state index in [2.05, 4.69) is 0 Å². The van der Waals surface area contributed by atoms with E-state index in [0.29, 0.717) is 30.8 Å². The summed E-state index contributed by atoms with van der Waals surface area (Å²) < 4.78 is 27.4. The molecule has 4 nitrogen and oxygen atoms in total. The van der Waals surface area contributed by atoms with Crippen LogP contribution in [0.5, 0.6) is 0 Å². The van der Waals surface area contributed by atoms with Crippen molar-refractivity contribution in [3.05, 3.63) is 29.8 Å². The summed E-state index contributed by atoms with van der Waals surface area (Å²) in [6.45, 7) is 8.50. The molecule has 114 valence electrons. The van der Waals surface area contributed by atoms with E-state index >= 15 is 0 Å². The van der Waals surface area contributed by atoms with Gasteiger partial charge in [-0.15, -0.1) is 0 Å². The van der Waals surface area contributed by atoms with E-state index in [9.17, 15) is 8.42 Å². The monoisotopic (exact) mass is 298 g/mol. The van der Waals surface area contributed by atoms with Crippen LogP contribution in [0.3, 0.4) is 0 Å². The molecular weight excluding hydrogens is 272 g/mol. The van der Waals surface area contributed by atoms with Crippen molar-refractivity contribution in [2.45, 2.75) is 51.0 Å². The van der Waals surface area contributed by atoms with Crippen molar-refractivity contribution in [2.24, 2.45) is 5.73 Å². The van der Waals surface area contributed by atoms with Crippen LogP contribution in [0, 0.1) is 6.92 Å². The van der Waals surface area contributed by atoms with Gasteiger partial charge in [0.2, 0.25) is 10.0 Å². The Morgan fingerprint density at radius 3 is 2.20 bits per heavy atom. The third kappa shape index (κ3) is 3.05. The van der Waals surface area contributed by atoms with Crippen molar-refractivity contribution >= 4 is 10.0 Å². The molecule has 1 aromatic carbocycles. The smallest absolute Gasteiger partial charge is 0.243 e. The molecule has 0 aliphatic heterocycles. The molecule has 0 saturated heterocycles. The minimum absolute atomic E-state index is 0.332. The molecule has 0 saturated carbocycles. The SMILES string of the molecule is CCN(C(CC)(CC)CN)S(=O)(=O)c1cccc(C)c1. The fourth-order valence-corrected chi connectivity index (χ4v) is 4.68. The van der Waals surface area contributed by atoms with Crippen LogP contribution in [-0.4, -0.2) is 31.4 Å². The summed E-state index contributed by atoms with van der Waals surface area (Å²) in [5.41, 5.74) is 6.34. The van der Waals surface area contributed by atoms with E-state index in [0.717, 1.165) is 5.56 Å². The summed E-state index contributed by atoms with van der Waals surface area (Å²) in [5, 5.41) is 0. The van der Waals surface area contributed by atoms with Gasteiger partial charge in [-0.25, -0.2) is 8.42 Å². The van der Waals surface area contributed by atoms with Gasteiger partial charge in [-0.3, -0.25) is 0 Å². The zero-order valence-electron chi connectivity index (χ0n) is 12.9. The third-order valence-corrected chi connectivity index (χ3v) is 6.17. The van der Waals surface area contributed by atoms with Crippen molar-refractivity contribution in [1.29, 1.82) is 0 Å². The number of likely N-dealkylation sites (N-methyl/N-ethyl adjacent to an activating group) is 1. The molecule has 1 rings (SSSR count). The first-order valence-corrected chi connectivity index (χ1v) is 8.61. The Hall–Kier alpha value is -0.910. The summed E-state index contributed by atoms with van der Waals surface area (Å²) in [6, 6.07) is 7.03. The maximum atomic E-state index is 12.9. The molecule has 0 heterocycles. The normalized spacial score (nSPS) is 12.9. The second-order valence-electron chi connectivity index (χ2n) is 5.12. The van der Waals surface area contributed by atoms with Gasteiger partial charge < -0.3 is 5.73 Å². The highest BCUT2D eigenvalue weighted by Gasteiger charge is 2.39. The van der Waals surface area contributed by atoms with E-state index < -0.39 is 15.6 Å². The molecule has 0 unspecified atom stereocenters. The molecule has 1 aromatic rings. The highest BCUT2D eigenvalue weighted by molar-refractivity contribution is 7.89. The number of hydrogen-bond acceptors (Lipinski definition) is 3. The first kappa shape index (κ1) is 17.1. The summed E-state index contributed by atoms with van der Waals surface area (Å²) in [7, 11) is -3.51. The second-order valence-corrected chi connectivity index (χ2v) is 6.98. The predicted molar refractivity (Wildman–Crippen MR) is 83.1 cm³/mol. The molecule has 0 atom stereocenters. The average Bonchev–Trinajstić information content (AvgIpc) is 2.44. The fourth-order valence-electron chi connectivity index (χ4n) is 2.66. The van der Waals surface area contributed by atoms with Crippen molar-refractivity contribution in [1.82, 2.24) is 4.31 Å². The number of benzene rings is 1. The standard InChI is InChI=1S/C15H26N2O2S/c1-5-15(6-2,12-16)17(7-3)20(18,19)14-10-8-9-13(4)11-14/h8-11H,5-7,12,16H2,1-4H3. The molecule has 0 bridgehead atoms. The van der Waals surface area contributed by atoms with Crippen LogP contribution in [-0.2, 0) is 10.0 Å². The van der Waals surface area contributed by atoms with Gasteiger partial charge in [-0.2, -0.15) is 4.31 Å². The summed E-state index contributed by atoms with van der Waals surface area (Å²) >= 11 is 0. The van der Waals surface area contributed by atoms with E-state index in [1.165, 1.54) is 0 Å². The molecule has 20 heavy (non-hydrogen) atoms. The lowest BCUT2D eigenvalue weighted by Crippen LogP contribution is -2.55. The zero-order valence-corrected chi connectivity index (χ0v) is 13.7. The number of nitrogens with two attached hydrogens (primary N) is 1. The highest BCUT2D eigenvalue weighted by atomic mass is 32.2. The van der Waals surface area contributed by atoms with Crippen LogP contribution >= 0.6 is 0 Å². The Labute approximate surface area is 123 Å². The molecule has 0 spiro atoms.